The maximum Gasteiger partial charge on any atom is 1.00 e. The molecule has 0 aromatic carbocycles. The Kier molecular flexibility index (Phi) is 28.6. The van der Waals surface area contributed by atoms with Crippen molar-refractivity contribution < 1.29 is 220 Å². The monoisotopic (exact) mass is 830 g/mol. The van der Waals surface area contributed by atoms with E-state index in [1.165, 1.54) is 0 Å². The van der Waals surface area contributed by atoms with Crippen LogP contribution in [0.15, 0.2) is 0 Å². The van der Waals surface area contributed by atoms with Crippen molar-refractivity contribution in [2.75, 3.05) is 0 Å². The molecule has 0 rings (SSSR count). The van der Waals surface area contributed by atoms with E-state index in [0.717, 1.165) is 0 Å². The first-order chi connectivity index (χ1) is 10.8. The number of hydrogen-bond donors (Lipinski definition) is 0. The average molecular weight is 832 g/mol. The van der Waals surface area contributed by atoms with Crippen molar-refractivity contribution in [1.82, 2.24) is 0 Å². The normalized spacial score (nSPS) is 13.7. The van der Waals surface area contributed by atoms with E-state index in [1.807, 2.05) is 0 Å². The van der Waals surface area contributed by atoms with Gasteiger partial charge in [0.15, 0.2) is 0 Å². The van der Waals surface area contributed by atoms with Crippen molar-refractivity contribution in [3.63, 3.8) is 0 Å². The van der Waals surface area contributed by atoms with E-state index < -0.39 is 42.3 Å². The van der Waals surface area contributed by atoms with E-state index in [1.54, 1.807) is 0 Å². The summed E-state index contributed by atoms with van der Waals surface area (Å²) in [6.45, 7) is -5.15. The van der Waals surface area contributed by atoms with Crippen LogP contribution in [-0.4, -0.2) is 22.0 Å². The van der Waals surface area contributed by atoms with Crippen LogP contribution in [0.3, 0.4) is 0 Å². The molecule has 0 aromatic rings. The van der Waals surface area contributed by atoms with Crippen LogP contribution in [0.4, 0.5) is 0 Å². The largest absolute Gasteiger partial charge is 1.00 e. The summed E-state index contributed by atoms with van der Waals surface area (Å²) < 4.78 is -19.4. The van der Waals surface area contributed by atoms with E-state index in [0.29, 0.717) is 0 Å². The van der Waals surface area contributed by atoms with Crippen LogP contribution >= 0.6 is 58.1 Å². The minimum absolute atomic E-state index is 0. The molecule has 0 aliphatic carbocycles. The van der Waals surface area contributed by atoms with Gasteiger partial charge in [0.2, 0.25) is 0 Å². The Bertz CT molecular complexity index is 632. The molecule has 0 radical (unpaired) electrons. The van der Waals surface area contributed by atoms with Gasteiger partial charge in [-0.2, -0.15) is 0 Å². The van der Waals surface area contributed by atoms with Crippen LogP contribution in [-0.2, 0) is 20.3 Å². The summed E-state index contributed by atoms with van der Waals surface area (Å²) in [5.74, 6) is 0. The summed E-state index contributed by atoms with van der Waals surface area (Å²) in [5.41, 5.74) is 0. The Morgan fingerprint density at radius 1 is 0.375 bits per heavy atom. The Morgan fingerprint density at radius 2 is 0.438 bits per heavy atom. The Morgan fingerprint density at radius 3 is 0.438 bits per heavy atom. The van der Waals surface area contributed by atoms with Gasteiger partial charge in [-0.15, -0.1) is 0 Å². The van der Waals surface area contributed by atoms with E-state index in [9.17, 15) is 60.7 Å². The van der Waals surface area contributed by atoms with Crippen LogP contribution in [0.25, 0.3) is 0 Å². The van der Waals surface area contributed by atoms with Gasteiger partial charge in [0.05, 0.1) is 0 Å². The van der Waals surface area contributed by atoms with Gasteiger partial charge in [-0.05, 0) is 0 Å². The maximum absolute atomic E-state index is 10.8. The van der Waals surface area contributed by atoms with Gasteiger partial charge in [-0.3, -0.25) is 0 Å². The molecule has 0 aromatic heterocycles. The fourth-order valence-electron chi connectivity index (χ4n) is 0.667. The molecule has 0 N–H and O–H groups in total. The third-order valence-electron chi connectivity index (χ3n) is 1.63. The summed E-state index contributed by atoms with van der Waals surface area (Å²) in [6, 6.07) is 0. The second kappa shape index (κ2) is 16.0. The predicted molar refractivity (Wildman–Crippen MR) is 77.1 cm³/mol. The minimum atomic E-state index is -10.8. The van der Waals surface area contributed by atoms with Crippen molar-refractivity contribution in [1.29, 1.82) is 0 Å². The summed E-state index contributed by atoms with van der Waals surface area (Å²) in [4.78, 5) is 63.3. The molecule has 32 heteroatoms. The van der Waals surface area contributed by atoms with E-state index in [4.69, 9.17) is 58.1 Å². The summed E-state index contributed by atoms with van der Waals surface area (Å²) >= 11 is -10.8. The summed E-state index contributed by atoms with van der Waals surface area (Å²) in [6.07, 6.45) is 0. The van der Waals surface area contributed by atoms with Crippen molar-refractivity contribution in [2.45, 2.75) is 0 Å². The van der Waals surface area contributed by atoms with Crippen molar-refractivity contribution in [3.05, 3.63) is 60.7 Å². The number of rotatable bonds is 6. The van der Waals surface area contributed by atoms with E-state index in [2.05, 4.69) is 0 Å². The van der Waals surface area contributed by atoms with Crippen LogP contribution in [0.1, 0.15) is 0 Å². The molecule has 0 saturated heterocycles. The van der Waals surface area contributed by atoms with Gasteiger partial charge in [0.1, 0.15) is 0 Å². The fourth-order valence-corrected chi connectivity index (χ4v) is 3.94. The number of nitrogens with zero attached hydrogens (tertiary/aromatic N) is 6. The molecule has 0 aliphatic rings. The molecule has 0 atom stereocenters. The van der Waals surface area contributed by atoms with Crippen LogP contribution in [0, 0.1) is 60.7 Å². The molecular formula is Cl6N6Na6O12Rh2. The topological polar surface area (TPSA) is 259 Å². The standard InChI is InChI=1S/6ClH.6NO2.6Na.2Rh/c;;;;;;6*2-1-3;;;;;;;;/h6*1H;;;;;;;;;;;;;;/q;;;;;;;;;;;;6*+1;-3;+3/p-6. The SMILES string of the molecule is O=[N+]([O-])[Rh-3]([N+](=O)[O-])([N+](=O)[O-])([N+](=O)[O-])([N+](=O)[O-])[N+](=O)[O-].[Cl][Rh-3]([Cl])([Cl])([Cl])([Cl])[Cl].[Na+].[Na+].[Na+].[Na+].[Na+].[Na+]. The smallest absolute Gasteiger partial charge is 1.00 e. The van der Waals surface area contributed by atoms with Crippen LogP contribution in [0.5, 0.6) is 0 Å². The molecule has 0 unspecified atom stereocenters. The summed E-state index contributed by atoms with van der Waals surface area (Å²) in [5, 5.41) is 63.3. The number of halogens is 6. The zero-order valence-corrected chi connectivity index (χ0v) is 36.3. The Labute approximate surface area is 330 Å². The van der Waals surface area contributed by atoms with Crippen molar-refractivity contribution in [2.24, 2.45) is 0 Å². The van der Waals surface area contributed by atoms with Crippen molar-refractivity contribution in [3.8, 4) is 0 Å². The van der Waals surface area contributed by atoms with Gasteiger partial charge >= 0.3 is 339 Å². The molecule has 168 valence electrons. The predicted octanol–water partition coefficient (Wildman–Crippen LogP) is -15.5. The molecule has 0 aliphatic heterocycles. The van der Waals surface area contributed by atoms with Gasteiger partial charge in [-0.25, -0.2) is 0 Å². The maximum atomic E-state index is 10.5. The molecule has 18 nitrogen and oxygen atoms in total. The van der Waals surface area contributed by atoms with E-state index >= 15 is 0 Å². The second-order valence-electron chi connectivity index (χ2n) is 2.89. The third kappa shape index (κ3) is 9.79. The number of nitro groups is 6. The quantitative estimate of drug-likeness (QED) is 0.137. The zero-order chi connectivity index (χ0) is 22.3. The number of hydrogen-bond acceptors (Lipinski definition) is 12. The van der Waals surface area contributed by atoms with Gasteiger partial charge in [-0.1, -0.05) is 0 Å². The second-order valence-corrected chi connectivity index (χ2v) is 48.7. The van der Waals surface area contributed by atoms with Gasteiger partial charge in [0.25, 0.3) is 0 Å². The first-order valence-electron chi connectivity index (χ1n) is 3.84. The summed E-state index contributed by atoms with van der Waals surface area (Å²) in [7, 11) is 30.2. The molecular weight excluding hydrogens is 832 g/mol. The molecule has 0 amide bonds. The molecule has 32 heavy (non-hydrogen) atoms. The fraction of sp³-hybridized carbons (Fsp3) is 0. The third-order valence-corrected chi connectivity index (χ3v) is 9.66. The first kappa shape index (κ1) is 57.3. The molecule has 0 bridgehead atoms. The van der Waals surface area contributed by atoms with Crippen LogP contribution < -0.4 is 177 Å². The molecule has 0 saturated carbocycles. The minimum Gasteiger partial charge on any atom is 1.00 e. The van der Waals surface area contributed by atoms with E-state index in [-0.39, 0.29) is 177 Å². The molecule has 0 spiro atoms. The van der Waals surface area contributed by atoms with Gasteiger partial charge < -0.3 is 0 Å². The first-order valence-corrected chi connectivity index (χ1v) is 20.9. The molecule has 0 fully saturated rings. The zero-order valence-electron chi connectivity index (χ0n) is 16.5. The Balaban J connectivity index is -0.0000000650. The Hall–Kier alpha value is 5.39. The average Bonchev–Trinajstić information content (AvgIpc) is 2.22. The van der Waals surface area contributed by atoms with Crippen molar-refractivity contribution >= 4 is 58.1 Å². The molecule has 0 heterocycles. The van der Waals surface area contributed by atoms with Crippen LogP contribution in [0.2, 0.25) is 0 Å². The van der Waals surface area contributed by atoms with Gasteiger partial charge in [0, 0.05) is 0 Å².